The maximum Gasteiger partial charge on any atom is 0.264 e. The highest BCUT2D eigenvalue weighted by Crippen LogP contribution is 2.13. The predicted molar refractivity (Wildman–Crippen MR) is 97.4 cm³/mol. The molecule has 132 valence electrons. The van der Waals surface area contributed by atoms with Crippen LogP contribution in [0.2, 0.25) is 0 Å². The van der Waals surface area contributed by atoms with Gasteiger partial charge in [0.2, 0.25) is 5.91 Å². The van der Waals surface area contributed by atoms with Gasteiger partial charge in [-0.15, -0.1) is 11.3 Å². The molecule has 0 bridgehead atoms. The van der Waals surface area contributed by atoms with Crippen LogP contribution in [0.3, 0.4) is 0 Å². The van der Waals surface area contributed by atoms with Gasteiger partial charge < -0.3 is 14.6 Å². The highest BCUT2D eigenvalue weighted by atomic mass is 32.1. The molecular weight excluding hydrogens is 338 g/mol. The standard InChI is InChI=1S/C18H21N3O3S/c22-17(6-5-15-3-1-13-24-15)19-7-8-20-9-11-21(12-10-20)18(23)16-4-2-14-25-16/h1-6,13-14H,7-12H2,(H,19,22)/b6-5+. The van der Waals surface area contributed by atoms with Crippen molar-refractivity contribution in [2.24, 2.45) is 0 Å². The fraction of sp³-hybridized carbons (Fsp3) is 0.333. The summed E-state index contributed by atoms with van der Waals surface area (Å²) in [7, 11) is 0. The van der Waals surface area contributed by atoms with Gasteiger partial charge in [-0.05, 0) is 29.7 Å². The molecule has 0 aliphatic carbocycles. The number of rotatable bonds is 6. The van der Waals surface area contributed by atoms with E-state index in [1.807, 2.05) is 22.4 Å². The summed E-state index contributed by atoms with van der Waals surface area (Å²) in [6.07, 6.45) is 4.68. The average molecular weight is 359 g/mol. The second-order valence-corrected chi connectivity index (χ2v) is 6.70. The Bertz CT molecular complexity index is 702. The van der Waals surface area contributed by atoms with Crippen LogP contribution in [-0.2, 0) is 4.79 Å². The number of piperazine rings is 1. The quantitative estimate of drug-likeness (QED) is 0.801. The lowest BCUT2D eigenvalue weighted by molar-refractivity contribution is -0.116. The molecule has 0 spiro atoms. The summed E-state index contributed by atoms with van der Waals surface area (Å²) in [5.74, 6) is 0.635. The molecule has 1 saturated heterocycles. The zero-order chi connectivity index (χ0) is 17.5. The largest absolute Gasteiger partial charge is 0.465 e. The molecular formula is C18H21N3O3S. The lowest BCUT2D eigenvalue weighted by Crippen LogP contribution is -2.50. The van der Waals surface area contributed by atoms with E-state index in [-0.39, 0.29) is 11.8 Å². The molecule has 0 saturated carbocycles. The Hall–Kier alpha value is -2.38. The second-order valence-electron chi connectivity index (χ2n) is 5.75. The zero-order valence-electron chi connectivity index (χ0n) is 13.9. The minimum absolute atomic E-state index is 0.117. The lowest BCUT2D eigenvalue weighted by Gasteiger charge is -2.34. The van der Waals surface area contributed by atoms with E-state index in [0.717, 1.165) is 37.6 Å². The van der Waals surface area contributed by atoms with Crippen LogP contribution in [0.25, 0.3) is 6.08 Å². The average Bonchev–Trinajstić information content (AvgIpc) is 3.34. The molecule has 0 atom stereocenters. The molecule has 0 aromatic carbocycles. The number of amides is 2. The molecule has 2 aromatic heterocycles. The molecule has 2 aromatic rings. The SMILES string of the molecule is O=C(/C=C/c1ccco1)NCCN1CCN(C(=O)c2cccs2)CC1. The van der Waals surface area contributed by atoms with Gasteiger partial charge in [-0.3, -0.25) is 14.5 Å². The van der Waals surface area contributed by atoms with Gasteiger partial charge >= 0.3 is 0 Å². The van der Waals surface area contributed by atoms with Crippen molar-refractivity contribution in [3.8, 4) is 0 Å². The van der Waals surface area contributed by atoms with Crippen molar-refractivity contribution >= 4 is 29.2 Å². The normalized spacial score (nSPS) is 15.6. The van der Waals surface area contributed by atoms with E-state index in [1.165, 1.54) is 17.4 Å². The van der Waals surface area contributed by atoms with E-state index >= 15 is 0 Å². The number of furan rings is 1. The summed E-state index contributed by atoms with van der Waals surface area (Å²) in [4.78, 5) is 29.0. The molecule has 3 heterocycles. The maximum atomic E-state index is 12.3. The summed E-state index contributed by atoms with van der Waals surface area (Å²) in [5.41, 5.74) is 0. The summed E-state index contributed by atoms with van der Waals surface area (Å²) >= 11 is 1.48. The van der Waals surface area contributed by atoms with Crippen molar-refractivity contribution in [2.75, 3.05) is 39.3 Å². The molecule has 0 unspecified atom stereocenters. The van der Waals surface area contributed by atoms with Crippen LogP contribution in [0.1, 0.15) is 15.4 Å². The van der Waals surface area contributed by atoms with Crippen molar-refractivity contribution in [1.29, 1.82) is 0 Å². The minimum Gasteiger partial charge on any atom is -0.465 e. The molecule has 7 heteroatoms. The van der Waals surface area contributed by atoms with E-state index in [0.29, 0.717) is 12.3 Å². The van der Waals surface area contributed by atoms with Gasteiger partial charge in [0.1, 0.15) is 5.76 Å². The van der Waals surface area contributed by atoms with Crippen LogP contribution in [0, 0.1) is 0 Å². The third-order valence-electron chi connectivity index (χ3n) is 4.06. The first kappa shape index (κ1) is 17.4. The fourth-order valence-electron chi connectivity index (χ4n) is 2.67. The van der Waals surface area contributed by atoms with Gasteiger partial charge in [0, 0.05) is 45.3 Å². The molecule has 0 radical (unpaired) electrons. The number of thiophene rings is 1. The first-order valence-corrected chi connectivity index (χ1v) is 9.15. The predicted octanol–water partition coefficient (Wildman–Crippen LogP) is 1.93. The van der Waals surface area contributed by atoms with Gasteiger partial charge in [0.25, 0.3) is 5.91 Å². The molecule has 2 amide bonds. The first-order chi connectivity index (χ1) is 12.2. The topological polar surface area (TPSA) is 65.8 Å². The van der Waals surface area contributed by atoms with Crippen LogP contribution < -0.4 is 5.32 Å². The Morgan fingerprint density at radius 1 is 1.20 bits per heavy atom. The Balaban J connectivity index is 1.34. The van der Waals surface area contributed by atoms with Gasteiger partial charge in [0.15, 0.2) is 0 Å². The van der Waals surface area contributed by atoms with Crippen LogP contribution >= 0.6 is 11.3 Å². The first-order valence-electron chi connectivity index (χ1n) is 8.27. The van der Waals surface area contributed by atoms with Gasteiger partial charge in [-0.25, -0.2) is 0 Å². The summed E-state index contributed by atoms with van der Waals surface area (Å²) in [5, 5.41) is 4.78. The third-order valence-corrected chi connectivity index (χ3v) is 4.92. The van der Waals surface area contributed by atoms with Crippen molar-refractivity contribution in [3.05, 3.63) is 52.6 Å². The molecule has 25 heavy (non-hydrogen) atoms. The van der Waals surface area contributed by atoms with E-state index < -0.39 is 0 Å². The number of nitrogens with zero attached hydrogens (tertiary/aromatic N) is 2. The zero-order valence-corrected chi connectivity index (χ0v) is 14.7. The van der Waals surface area contributed by atoms with E-state index in [9.17, 15) is 9.59 Å². The monoisotopic (exact) mass is 359 g/mol. The van der Waals surface area contributed by atoms with Crippen molar-refractivity contribution in [3.63, 3.8) is 0 Å². The van der Waals surface area contributed by atoms with E-state index in [1.54, 1.807) is 24.5 Å². The van der Waals surface area contributed by atoms with Gasteiger partial charge in [0.05, 0.1) is 11.1 Å². The minimum atomic E-state index is -0.136. The van der Waals surface area contributed by atoms with Crippen LogP contribution in [0.4, 0.5) is 0 Å². The number of hydrogen-bond acceptors (Lipinski definition) is 5. The molecule has 3 rings (SSSR count). The Morgan fingerprint density at radius 2 is 2.04 bits per heavy atom. The molecule has 1 fully saturated rings. The summed E-state index contributed by atoms with van der Waals surface area (Å²) in [6, 6.07) is 7.34. The number of carbonyl (C=O) groups excluding carboxylic acids is 2. The van der Waals surface area contributed by atoms with Crippen molar-refractivity contribution in [2.45, 2.75) is 0 Å². The van der Waals surface area contributed by atoms with E-state index in [4.69, 9.17) is 4.42 Å². The highest BCUT2D eigenvalue weighted by Gasteiger charge is 2.22. The molecule has 1 aliphatic rings. The molecule has 6 nitrogen and oxygen atoms in total. The Kier molecular flexibility index (Phi) is 6.03. The fourth-order valence-corrected chi connectivity index (χ4v) is 3.36. The maximum absolute atomic E-state index is 12.3. The number of nitrogens with one attached hydrogen (secondary N) is 1. The smallest absolute Gasteiger partial charge is 0.264 e. The highest BCUT2D eigenvalue weighted by molar-refractivity contribution is 7.12. The second kappa shape index (κ2) is 8.64. The Morgan fingerprint density at radius 3 is 2.72 bits per heavy atom. The van der Waals surface area contributed by atoms with Crippen molar-refractivity contribution in [1.82, 2.24) is 15.1 Å². The van der Waals surface area contributed by atoms with Crippen LogP contribution in [0.15, 0.2) is 46.4 Å². The van der Waals surface area contributed by atoms with E-state index in [2.05, 4.69) is 10.2 Å². The summed E-state index contributed by atoms with van der Waals surface area (Å²) in [6.45, 7) is 4.47. The number of carbonyl (C=O) groups is 2. The van der Waals surface area contributed by atoms with Crippen LogP contribution in [0.5, 0.6) is 0 Å². The van der Waals surface area contributed by atoms with Crippen LogP contribution in [-0.4, -0.2) is 60.9 Å². The molecule has 1 aliphatic heterocycles. The third kappa shape index (κ3) is 5.04. The molecule has 1 N–H and O–H groups in total. The van der Waals surface area contributed by atoms with Gasteiger partial charge in [-0.1, -0.05) is 6.07 Å². The van der Waals surface area contributed by atoms with Gasteiger partial charge in [-0.2, -0.15) is 0 Å². The lowest BCUT2D eigenvalue weighted by atomic mass is 10.3. The number of hydrogen-bond donors (Lipinski definition) is 1. The van der Waals surface area contributed by atoms with Crippen molar-refractivity contribution < 1.29 is 14.0 Å². The Labute approximate surface area is 150 Å². The summed E-state index contributed by atoms with van der Waals surface area (Å²) < 4.78 is 5.13.